The van der Waals surface area contributed by atoms with Crippen LogP contribution in [0.3, 0.4) is 0 Å². The Morgan fingerprint density at radius 1 is 0.593 bits per heavy atom. The fourth-order valence-electron chi connectivity index (χ4n) is 11.2. The van der Waals surface area contributed by atoms with Crippen molar-refractivity contribution in [1.29, 1.82) is 0 Å². The Hall–Kier alpha value is -5.42. The first kappa shape index (κ1) is 36.6. The lowest BCUT2D eigenvalue weighted by molar-refractivity contribution is 0.297. The van der Waals surface area contributed by atoms with Gasteiger partial charge in [0.05, 0.1) is 13.2 Å². The summed E-state index contributed by atoms with van der Waals surface area (Å²) in [5, 5.41) is 0. The zero-order valence-electron chi connectivity index (χ0n) is 36.1. The molecular weight excluding hydrogens is 719 g/mol. The maximum Gasteiger partial charge on any atom is 0.252 e. The normalized spacial score (nSPS) is 17.8. The number of rotatable bonds is 3. The molecule has 0 amide bonds. The molecule has 11 rings (SSSR count). The highest BCUT2D eigenvalue weighted by Crippen LogP contribution is 2.54. The van der Waals surface area contributed by atoms with Gasteiger partial charge in [-0.05, 0) is 153 Å². The molecular formula is C54H55BN2O2. The van der Waals surface area contributed by atoms with E-state index in [9.17, 15) is 0 Å². The van der Waals surface area contributed by atoms with Crippen LogP contribution in [0.5, 0.6) is 11.5 Å². The second-order valence-electron chi connectivity index (χ2n) is 20.7. The highest BCUT2D eigenvalue weighted by atomic mass is 16.5. The van der Waals surface area contributed by atoms with Crippen molar-refractivity contribution in [3.05, 3.63) is 137 Å². The van der Waals surface area contributed by atoms with Gasteiger partial charge in [0.2, 0.25) is 0 Å². The summed E-state index contributed by atoms with van der Waals surface area (Å²) in [7, 11) is 0. The van der Waals surface area contributed by atoms with Gasteiger partial charge in [0.1, 0.15) is 5.69 Å². The molecule has 3 heterocycles. The summed E-state index contributed by atoms with van der Waals surface area (Å²) in [6.07, 6.45) is 5.26. The summed E-state index contributed by atoms with van der Waals surface area (Å²) in [6.45, 7) is 20.3. The van der Waals surface area contributed by atoms with Crippen LogP contribution in [-0.4, -0.2) is 19.9 Å². The lowest BCUT2D eigenvalue weighted by atomic mass is 9.33. The number of ether oxygens (including phenoxy) is 2. The van der Waals surface area contributed by atoms with E-state index in [1.807, 2.05) is 0 Å². The van der Waals surface area contributed by atoms with Crippen LogP contribution in [0.1, 0.15) is 88.3 Å². The summed E-state index contributed by atoms with van der Waals surface area (Å²) in [4.78, 5) is 5.18. The number of fused-ring (bicyclic) bond motifs is 7. The van der Waals surface area contributed by atoms with Gasteiger partial charge in [0.25, 0.3) is 6.71 Å². The minimum absolute atomic E-state index is 0.0318. The average molecular weight is 775 g/mol. The highest BCUT2D eigenvalue weighted by Gasteiger charge is 2.46. The zero-order chi connectivity index (χ0) is 40.6. The molecule has 6 aromatic rings. The van der Waals surface area contributed by atoms with Crippen LogP contribution in [0.15, 0.2) is 103 Å². The second kappa shape index (κ2) is 12.8. The lowest BCUT2D eigenvalue weighted by Crippen LogP contribution is -2.61. The molecule has 0 saturated carbocycles. The number of aryl methyl sites for hydroxylation is 1. The SMILES string of the molecule is Cc1cc2c3c(c1)N(c1c(-c4ccccc4)ccc4c1OCCCO4)c1ccc(C(C)(C)C)cc1B3c1cc3c(cc1N2c1ccc2c(c1)CC(C)(C)C2)CC(C)(C)C3. The predicted octanol–water partition coefficient (Wildman–Crippen LogP) is 11.5. The van der Waals surface area contributed by atoms with Crippen molar-refractivity contribution >= 4 is 57.2 Å². The summed E-state index contributed by atoms with van der Waals surface area (Å²) < 4.78 is 13.3. The van der Waals surface area contributed by atoms with Gasteiger partial charge in [-0.3, -0.25) is 0 Å². The minimum atomic E-state index is -0.0318. The summed E-state index contributed by atoms with van der Waals surface area (Å²) >= 11 is 0. The van der Waals surface area contributed by atoms with E-state index in [-0.39, 0.29) is 23.0 Å². The van der Waals surface area contributed by atoms with Gasteiger partial charge < -0.3 is 19.3 Å². The van der Waals surface area contributed by atoms with Crippen LogP contribution in [-0.2, 0) is 31.1 Å². The van der Waals surface area contributed by atoms with Gasteiger partial charge in [-0.15, -0.1) is 0 Å². The number of hydrogen-bond acceptors (Lipinski definition) is 4. The van der Waals surface area contributed by atoms with Crippen LogP contribution in [0.4, 0.5) is 34.1 Å². The predicted molar refractivity (Wildman–Crippen MR) is 247 cm³/mol. The molecule has 6 aromatic carbocycles. The third kappa shape index (κ3) is 5.86. The van der Waals surface area contributed by atoms with E-state index in [0.29, 0.717) is 13.2 Å². The molecule has 0 fully saturated rings. The first-order chi connectivity index (χ1) is 28.2. The smallest absolute Gasteiger partial charge is 0.252 e. The zero-order valence-corrected chi connectivity index (χ0v) is 36.1. The summed E-state index contributed by atoms with van der Waals surface area (Å²) in [5.41, 5.74) is 22.7. The third-order valence-corrected chi connectivity index (χ3v) is 13.7. The van der Waals surface area contributed by atoms with Gasteiger partial charge in [-0.1, -0.05) is 103 Å². The number of hydrogen-bond donors (Lipinski definition) is 0. The van der Waals surface area contributed by atoms with Gasteiger partial charge in [-0.25, -0.2) is 0 Å². The van der Waals surface area contributed by atoms with Crippen molar-refractivity contribution in [2.45, 2.75) is 92.9 Å². The Balaban J connectivity index is 1.25. The van der Waals surface area contributed by atoms with Crippen molar-refractivity contribution in [3.63, 3.8) is 0 Å². The topological polar surface area (TPSA) is 24.9 Å². The molecule has 5 aliphatic rings. The van der Waals surface area contributed by atoms with Crippen LogP contribution < -0.4 is 35.7 Å². The number of benzene rings is 6. The molecule has 0 spiro atoms. The quantitative estimate of drug-likeness (QED) is 0.167. The van der Waals surface area contributed by atoms with Gasteiger partial charge in [0.15, 0.2) is 11.5 Å². The molecule has 0 unspecified atom stereocenters. The molecule has 4 nitrogen and oxygen atoms in total. The van der Waals surface area contributed by atoms with Gasteiger partial charge in [0, 0.05) is 40.4 Å². The Kier molecular flexibility index (Phi) is 7.95. The van der Waals surface area contributed by atoms with Crippen LogP contribution in [0.2, 0.25) is 0 Å². The Morgan fingerprint density at radius 2 is 1.25 bits per heavy atom. The molecule has 296 valence electrons. The third-order valence-electron chi connectivity index (χ3n) is 13.7. The molecule has 0 aromatic heterocycles. The number of anilines is 6. The Labute approximate surface area is 351 Å². The molecule has 0 N–H and O–H groups in total. The second-order valence-corrected chi connectivity index (χ2v) is 20.7. The Bertz CT molecular complexity index is 2720. The van der Waals surface area contributed by atoms with E-state index in [1.165, 1.54) is 78.2 Å². The van der Waals surface area contributed by atoms with Crippen molar-refractivity contribution < 1.29 is 9.47 Å². The minimum Gasteiger partial charge on any atom is -0.489 e. The van der Waals surface area contributed by atoms with E-state index in [2.05, 4.69) is 168 Å². The molecule has 0 bridgehead atoms. The molecule has 3 aliphatic heterocycles. The van der Waals surface area contributed by atoms with E-state index in [4.69, 9.17) is 9.47 Å². The van der Waals surface area contributed by atoms with Gasteiger partial charge in [-0.2, -0.15) is 0 Å². The maximum atomic E-state index is 6.83. The van der Waals surface area contributed by atoms with Crippen molar-refractivity contribution in [2.75, 3.05) is 23.0 Å². The van der Waals surface area contributed by atoms with Crippen molar-refractivity contribution in [2.24, 2.45) is 10.8 Å². The van der Waals surface area contributed by atoms with E-state index in [0.717, 1.165) is 60.4 Å². The standard InChI is InChI=1S/C54H55BN2O2/c1-33-23-46-49-47(24-33)57(50-41(34-13-10-9-11-14-34)18-20-48-51(50)59-22-12-21-58-48)44-19-16-39(52(2,3)4)28-43(44)55(49)42-26-37-31-54(7,8)32-38(37)27-45(42)56(46)40-17-15-35-29-53(5,6)30-36(35)25-40/h9-11,13-20,23-28H,12,21-22,29-32H2,1-8H3. The van der Waals surface area contributed by atoms with E-state index >= 15 is 0 Å². The number of nitrogens with zero attached hydrogens (tertiary/aromatic N) is 2. The van der Waals surface area contributed by atoms with E-state index in [1.54, 1.807) is 0 Å². The molecule has 59 heavy (non-hydrogen) atoms. The molecule has 0 radical (unpaired) electrons. The van der Waals surface area contributed by atoms with E-state index < -0.39 is 0 Å². The monoisotopic (exact) mass is 774 g/mol. The molecule has 0 saturated heterocycles. The first-order valence-electron chi connectivity index (χ1n) is 21.9. The fourth-order valence-corrected chi connectivity index (χ4v) is 11.2. The molecule has 5 heteroatoms. The molecule has 2 aliphatic carbocycles. The maximum absolute atomic E-state index is 6.83. The van der Waals surface area contributed by atoms with Crippen molar-refractivity contribution in [3.8, 4) is 22.6 Å². The van der Waals surface area contributed by atoms with Crippen LogP contribution in [0, 0.1) is 17.8 Å². The Morgan fingerprint density at radius 3 is 2.00 bits per heavy atom. The lowest BCUT2D eigenvalue weighted by Gasteiger charge is -2.45. The fraction of sp³-hybridized carbons (Fsp3) is 0.333. The van der Waals surface area contributed by atoms with Gasteiger partial charge >= 0.3 is 0 Å². The first-order valence-corrected chi connectivity index (χ1v) is 21.9. The molecule has 0 atom stereocenters. The summed E-state index contributed by atoms with van der Waals surface area (Å²) in [6, 6.07) is 39.9. The van der Waals surface area contributed by atoms with Crippen LogP contribution >= 0.6 is 0 Å². The highest BCUT2D eigenvalue weighted by molar-refractivity contribution is 7.00. The van der Waals surface area contributed by atoms with Crippen molar-refractivity contribution in [1.82, 2.24) is 0 Å². The van der Waals surface area contributed by atoms with Crippen LogP contribution in [0.25, 0.3) is 11.1 Å². The largest absolute Gasteiger partial charge is 0.489 e. The average Bonchev–Trinajstić information content (AvgIpc) is 3.54. The summed E-state index contributed by atoms with van der Waals surface area (Å²) in [5.74, 6) is 1.62.